The van der Waals surface area contributed by atoms with Gasteiger partial charge in [-0.3, -0.25) is 4.79 Å². The lowest BCUT2D eigenvalue weighted by Crippen LogP contribution is -2.12. The number of carbonyl (C=O) groups is 1. The van der Waals surface area contributed by atoms with Crippen LogP contribution in [0.1, 0.15) is 54.7 Å². The van der Waals surface area contributed by atoms with Gasteiger partial charge in [0, 0.05) is 40.1 Å². The maximum absolute atomic E-state index is 13.7. The molecule has 0 aliphatic rings. The van der Waals surface area contributed by atoms with Crippen LogP contribution >= 0.6 is 11.8 Å². The zero-order valence-electron chi connectivity index (χ0n) is 20.8. The minimum atomic E-state index is -0.348. The first-order valence-corrected chi connectivity index (χ1v) is 11.8. The lowest BCUT2D eigenvalue weighted by atomic mass is 10.0. The highest BCUT2D eigenvalue weighted by atomic mass is 32.2. The molecule has 0 fully saturated rings. The summed E-state index contributed by atoms with van der Waals surface area (Å²) in [6.07, 6.45) is 1.11. The van der Waals surface area contributed by atoms with E-state index in [4.69, 9.17) is 15.9 Å². The molecule has 7 heteroatoms. The summed E-state index contributed by atoms with van der Waals surface area (Å²) in [4.78, 5) is 12.6. The monoisotopic (exact) mass is 483 g/mol. The molecule has 182 valence electrons. The van der Waals surface area contributed by atoms with E-state index in [2.05, 4.69) is 18.5 Å². The van der Waals surface area contributed by atoms with E-state index in [1.165, 1.54) is 30.8 Å². The van der Waals surface area contributed by atoms with Gasteiger partial charge in [-0.15, -0.1) is 0 Å². The van der Waals surface area contributed by atoms with E-state index in [1.807, 2.05) is 20.8 Å². The van der Waals surface area contributed by atoms with Gasteiger partial charge in [0.05, 0.1) is 5.03 Å². The van der Waals surface area contributed by atoms with Crippen LogP contribution in [0.3, 0.4) is 0 Å². The molecule has 0 radical (unpaired) electrons. The maximum Gasteiger partial charge on any atom is 0.159 e. The molecule has 2 aromatic carbocycles. The van der Waals surface area contributed by atoms with Gasteiger partial charge >= 0.3 is 0 Å². The third kappa shape index (κ3) is 7.35. The van der Waals surface area contributed by atoms with E-state index in [9.17, 15) is 9.18 Å². The molecule has 0 heterocycles. The lowest BCUT2D eigenvalue weighted by molar-refractivity contribution is 0.101. The molecule has 2 rings (SSSR count). The van der Waals surface area contributed by atoms with Crippen molar-refractivity contribution in [1.82, 2.24) is 5.32 Å². The number of carbonyl (C=O) groups excluding carboxylic acids is 1. The van der Waals surface area contributed by atoms with Crippen molar-refractivity contribution in [3.8, 4) is 11.5 Å². The molecule has 4 N–H and O–H groups in total. The van der Waals surface area contributed by atoms with Gasteiger partial charge in [0.1, 0.15) is 17.3 Å². The Bertz CT molecular complexity index is 1100. The summed E-state index contributed by atoms with van der Waals surface area (Å²) in [5, 5.41) is 11.4. The predicted molar refractivity (Wildman–Crippen MR) is 143 cm³/mol. The van der Waals surface area contributed by atoms with Crippen LogP contribution in [0, 0.1) is 25.1 Å². The molecule has 0 atom stereocenters. The van der Waals surface area contributed by atoms with Gasteiger partial charge in [-0.05, 0) is 69.2 Å². The molecule has 0 saturated carbocycles. The summed E-state index contributed by atoms with van der Waals surface area (Å²) in [5.74, 6) is 0.418. The molecule has 0 bridgehead atoms. The minimum Gasteiger partial charge on any atom is -0.456 e. The predicted octanol–water partition coefficient (Wildman–Crippen LogP) is 7.11. The Balaban J connectivity index is 0.00000281. The standard InChI is InChI=1S/C25H28FN3O2S.C2H6/c1-7-29-16(4)18(6)32-25(28)22(13-27)21-12-19(17(5)30)8-9-23(21)31-24-14(2)10-20(26)11-15(24)3;1-2/h8-13,27,29H,4,6-7,28H2,1-3,5H3;1-2H3/b25-22-,27-13?;. The summed E-state index contributed by atoms with van der Waals surface area (Å²) in [6.45, 7) is 19.5. The quantitative estimate of drug-likeness (QED) is 0.190. The number of likely N-dealkylation sites (N-methyl/N-ethyl adjacent to an activating group) is 1. The van der Waals surface area contributed by atoms with Gasteiger partial charge in [-0.2, -0.15) is 0 Å². The van der Waals surface area contributed by atoms with Crippen molar-refractivity contribution < 1.29 is 13.9 Å². The Morgan fingerprint density at radius 3 is 2.29 bits per heavy atom. The molecule has 0 spiro atoms. The highest BCUT2D eigenvalue weighted by molar-refractivity contribution is 8.07. The van der Waals surface area contributed by atoms with Crippen molar-refractivity contribution in [3.63, 3.8) is 0 Å². The number of thioether (sulfide) groups is 1. The summed E-state index contributed by atoms with van der Waals surface area (Å²) in [6, 6.07) is 7.72. The van der Waals surface area contributed by atoms with Gasteiger partial charge in [0.15, 0.2) is 5.78 Å². The Morgan fingerprint density at radius 1 is 1.21 bits per heavy atom. The van der Waals surface area contributed by atoms with Crippen LogP contribution in [0.15, 0.2) is 59.1 Å². The number of Topliss-reactive ketones (excluding diaryl/α,β-unsaturated/α-hetero) is 1. The van der Waals surface area contributed by atoms with Crippen molar-refractivity contribution in [3.05, 3.63) is 87.2 Å². The highest BCUT2D eigenvalue weighted by Gasteiger charge is 2.18. The normalized spacial score (nSPS) is 10.9. The molecule has 0 amide bonds. The van der Waals surface area contributed by atoms with E-state index < -0.39 is 0 Å². The average molecular weight is 484 g/mol. The maximum atomic E-state index is 13.7. The largest absolute Gasteiger partial charge is 0.456 e. The van der Waals surface area contributed by atoms with Crippen LogP contribution in [0.4, 0.5) is 4.39 Å². The van der Waals surface area contributed by atoms with Gasteiger partial charge in [-0.1, -0.05) is 38.8 Å². The summed E-state index contributed by atoms with van der Waals surface area (Å²) in [7, 11) is 0. The second kappa shape index (κ2) is 13.4. The van der Waals surface area contributed by atoms with Crippen molar-refractivity contribution in [1.29, 1.82) is 5.41 Å². The lowest BCUT2D eigenvalue weighted by Gasteiger charge is -2.18. The SMILES string of the molecule is C=C(NCC)C(=C)S/C(N)=C(/C=N)c1cc(C(C)=O)ccc1Oc1c(C)cc(F)cc1C.CC. The Morgan fingerprint density at radius 2 is 1.79 bits per heavy atom. The van der Waals surface area contributed by atoms with Crippen molar-refractivity contribution in [2.24, 2.45) is 5.73 Å². The number of benzene rings is 2. The average Bonchev–Trinajstić information content (AvgIpc) is 2.78. The van der Waals surface area contributed by atoms with Gasteiger partial charge in [0.2, 0.25) is 0 Å². The number of hydrogen-bond acceptors (Lipinski definition) is 6. The molecule has 5 nitrogen and oxygen atoms in total. The fraction of sp³-hybridized carbons (Fsp3) is 0.259. The smallest absolute Gasteiger partial charge is 0.159 e. The molecule has 0 unspecified atom stereocenters. The summed E-state index contributed by atoms with van der Waals surface area (Å²) >= 11 is 1.17. The number of nitrogens with two attached hydrogens (primary N) is 1. The summed E-state index contributed by atoms with van der Waals surface area (Å²) in [5.41, 5.74) is 9.52. The fourth-order valence-corrected chi connectivity index (χ4v) is 3.80. The molecular formula is C27H34FN3O2S. The van der Waals surface area contributed by atoms with Crippen LogP contribution in [0.5, 0.6) is 11.5 Å². The van der Waals surface area contributed by atoms with Crippen LogP contribution in [0.2, 0.25) is 0 Å². The van der Waals surface area contributed by atoms with E-state index in [1.54, 1.807) is 32.0 Å². The molecule has 34 heavy (non-hydrogen) atoms. The van der Waals surface area contributed by atoms with Gasteiger partial charge in [0.25, 0.3) is 0 Å². The number of aryl methyl sites for hydroxylation is 2. The number of ether oxygens (including phenoxy) is 1. The molecule has 0 aliphatic carbocycles. The van der Waals surface area contributed by atoms with Crippen LogP contribution < -0.4 is 15.8 Å². The second-order valence-corrected chi connectivity index (χ2v) is 8.33. The van der Waals surface area contributed by atoms with Crippen LogP contribution in [-0.2, 0) is 0 Å². The first-order valence-electron chi connectivity index (χ1n) is 11.0. The van der Waals surface area contributed by atoms with E-state index in [0.717, 1.165) is 6.21 Å². The molecular weight excluding hydrogens is 449 g/mol. The van der Waals surface area contributed by atoms with E-state index in [0.29, 0.717) is 61.5 Å². The van der Waals surface area contributed by atoms with Crippen molar-refractivity contribution in [2.45, 2.75) is 41.5 Å². The molecule has 0 saturated heterocycles. The number of hydrogen-bond donors (Lipinski definition) is 3. The summed E-state index contributed by atoms with van der Waals surface area (Å²) < 4.78 is 19.9. The number of rotatable bonds is 10. The third-order valence-corrected chi connectivity index (χ3v) is 5.62. The second-order valence-electron chi connectivity index (χ2n) is 7.19. The topological polar surface area (TPSA) is 88.2 Å². The Kier molecular flexibility index (Phi) is 11.3. The molecule has 2 aromatic rings. The highest BCUT2D eigenvalue weighted by Crippen LogP contribution is 2.37. The zero-order chi connectivity index (χ0) is 26.0. The Labute approximate surface area is 206 Å². The fourth-order valence-electron chi connectivity index (χ4n) is 3.06. The van der Waals surface area contributed by atoms with Crippen molar-refractivity contribution >= 4 is 29.3 Å². The van der Waals surface area contributed by atoms with E-state index in [-0.39, 0.29) is 11.6 Å². The zero-order valence-corrected chi connectivity index (χ0v) is 21.6. The number of ketones is 1. The van der Waals surface area contributed by atoms with Gasteiger partial charge < -0.3 is 21.2 Å². The first-order chi connectivity index (χ1) is 16.1. The van der Waals surface area contributed by atoms with Crippen LogP contribution in [0.25, 0.3) is 5.57 Å². The molecule has 0 aromatic heterocycles. The first kappa shape index (κ1) is 28.7. The Hall–Kier alpha value is -3.32. The third-order valence-electron chi connectivity index (χ3n) is 4.68. The van der Waals surface area contributed by atoms with Crippen LogP contribution in [-0.4, -0.2) is 18.5 Å². The number of halogens is 1. The number of nitrogens with one attached hydrogen (secondary N) is 2. The van der Waals surface area contributed by atoms with Crippen molar-refractivity contribution in [2.75, 3.05) is 6.54 Å². The van der Waals surface area contributed by atoms with E-state index >= 15 is 0 Å². The number of allylic oxidation sites excluding steroid dienone is 1. The molecule has 0 aliphatic heterocycles. The minimum absolute atomic E-state index is 0.132. The van der Waals surface area contributed by atoms with Gasteiger partial charge in [-0.25, -0.2) is 4.39 Å².